The molecular weight excluding hydrogens is 1280 g/mol. The predicted octanol–water partition coefficient (Wildman–Crippen LogP) is 23.2. The molecule has 17 nitrogen and oxygen atoms in total. The number of carbonyl (C=O) groups is 4. The fourth-order valence-corrected chi connectivity index (χ4v) is 13.7. The lowest BCUT2D eigenvalue weighted by atomic mass is 10.0. The van der Waals surface area contributed by atoms with Crippen LogP contribution in [0.25, 0.3) is 0 Å². The van der Waals surface area contributed by atoms with Gasteiger partial charge in [0.2, 0.25) is 0 Å². The second-order valence-electron chi connectivity index (χ2n) is 30.4. The molecule has 0 bridgehead atoms. The topological polar surface area (TPSA) is 237 Å². The molecule has 0 aromatic heterocycles. The van der Waals surface area contributed by atoms with Gasteiger partial charge in [-0.05, 0) is 49.4 Å². The summed E-state index contributed by atoms with van der Waals surface area (Å²) < 4.78 is 68.6. The third-order valence-corrected chi connectivity index (χ3v) is 20.2. The molecule has 0 saturated carbocycles. The summed E-state index contributed by atoms with van der Waals surface area (Å²) in [5.74, 6) is 0.915. The molecule has 0 aromatic rings. The molecule has 3 N–H and O–H groups in total. The first kappa shape index (κ1) is 96.1. The van der Waals surface area contributed by atoms with Gasteiger partial charge in [0.25, 0.3) is 0 Å². The minimum absolute atomic E-state index is 0.104. The van der Waals surface area contributed by atoms with Gasteiger partial charge in [-0.2, -0.15) is 0 Å². The van der Waals surface area contributed by atoms with E-state index in [0.29, 0.717) is 31.6 Å². The van der Waals surface area contributed by atoms with Crippen LogP contribution in [-0.2, 0) is 65.4 Å². The molecule has 0 heterocycles. The number of unbranched alkanes of at least 4 members (excludes halogenated alkanes) is 42. The molecule has 0 amide bonds. The van der Waals surface area contributed by atoms with Crippen LogP contribution in [0.5, 0.6) is 0 Å². The molecule has 0 aliphatic heterocycles. The van der Waals surface area contributed by atoms with E-state index in [0.717, 1.165) is 114 Å². The third kappa shape index (κ3) is 72.4. The van der Waals surface area contributed by atoms with E-state index in [2.05, 4.69) is 55.4 Å². The molecule has 0 radical (unpaired) electrons. The summed E-state index contributed by atoms with van der Waals surface area (Å²) >= 11 is 0. The van der Waals surface area contributed by atoms with E-state index in [1.807, 2.05) is 0 Å². The number of ether oxygens (including phenoxy) is 4. The van der Waals surface area contributed by atoms with Crippen molar-refractivity contribution in [1.29, 1.82) is 0 Å². The van der Waals surface area contributed by atoms with E-state index in [4.69, 9.17) is 37.0 Å². The third-order valence-electron chi connectivity index (χ3n) is 18.3. The zero-order valence-electron chi connectivity index (χ0n) is 64.4. The summed E-state index contributed by atoms with van der Waals surface area (Å²) in [6, 6.07) is 0. The molecule has 0 aromatic carbocycles. The molecule has 0 aliphatic carbocycles. The number of aliphatic hydroxyl groups is 1. The van der Waals surface area contributed by atoms with Gasteiger partial charge in [0.05, 0.1) is 26.4 Å². The van der Waals surface area contributed by atoms with Crippen molar-refractivity contribution in [3.8, 4) is 0 Å². The van der Waals surface area contributed by atoms with Gasteiger partial charge in [0.15, 0.2) is 12.2 Å². The van der Waals surface area contributed by atoms with Gasteiger partial charge >= 0.3 is 39.5 Å². The molecular formula is C79H154O17P2. The SMILES string of the molecule is CC(C)CCCCCCCCCCCCCCCCCCCCC(=O)O[C@H](COC(=O)CCCCCCCCCC(C)C)COP(=O)(O)OCC(O)COP(=O)(O)OC[C@@H](COC(=O)CCCCCCCCCCCCCCCC(C)C)OC(=O)CCCCCCCCCCC(C)C. The normalized spacial score (nSPS) is 14.1. The van der Waals surface area contributed by atoms with Gasteiger partial charge in [-0.25, -0.2) is 9.13 Å². The van der Waals surface area contributed by atoms with Gasteiger partial charge in [0.1, 0.15) is 19.3 Å². The Balaban J connectivity index is 5.17. The number of rotatable bonds is 76. The molecule has 19 heteroatoms. The lowest BCUT2D eigenvalue weighted by Crippen LogP contribution is -2.30. The van der Waals surface area contributed by atoms with E-state index in [1.165, 1.54) is 199 Å². The number of phosphoric ester groups is 2. The Kier molecular flexibility index (Phi) is 66.8. The summed E-state index contributed by atoms with van der Waals surface area (Å²) in [4.78, 5) is 72.9. The Morgan fingerprint density at radius 2 is 0.429 bits per heavy atom. The van der Waals surface area contributed by atoms with Crippen LogP contribution in [-0.4, -0.2) is 96.7 Å². The Morgan fingerprint density at radius 1 is 0.255 bits per heavy atom. The molecule has 582 valence electrons. The van der Waals surface area contributed by atoms with Crippen molar-refractivity contribution in [2.45, 2.75) is 420 Å². The van der Waals surface area contributed by atoms with Gasteiger partial charge in [-0.1, -0.05) is 351 Å². The van der Waals surface area contributed by atoms with Crippen LogP contribution < -0.4 is 0 Å². The van der Waals surface area contributed by atoms with E-state index >= 15 is 0 Å². The van der Waals surface area contributed by atoms with Crippen LogP contribution in [0.4, 0.5) is 0 Å². The van der Waals surface area contributed by atoms with Crippen molar-refractivity contribution in [2.75, 3.05) is 39.6 Å². The standard InChI is InChI=1S/C79H154O17P2/c1-69(2)55-47-39-31-24-20-16-13-11-9-10-12-14-18-23-27-36-45-53-61-78(83)95-75(66-90-77(82)60-52-44-38-30-34-42-50-58-72(7)8)68-94-98(87,88)92-64-73(80)63-91-97(85,86)93-67-74(96-79(84)62-54-46-37-29-28-33-41-49-57-71(5)6)65-89-76(81)59-51-43-35-26-22-19-15-17-21-25-32-40-48-56-70(3)4/h69-75,80H,9-68H2,1-8H3,(H,85,86)(H,87,88)/t73?,74-,75-/m1/s1. The molecule has 5 atom stereocenters. The van der Waals surface area contributed by atoms with Crippen LogP contribution in [0.2, 0.25) is 0 Å². The summed E-state index contributed by atoms with van der Waals surface area (Å²) in [6.07, 6.45) is 54.4. The fraction of sp³-hybridized carbons (Fsp3) is 0.949. The van der Waals surface area contributed by atoms with Crippen LogP contribution in [0.3, 0.4) is 0 Å². The van der Waals surface area contributed by atoms with E-state index in [9.17, 15) is 43.2 Å². The number of hydrogen-bond donors (Lipinski definition) is 3. The highest BCUT2D eigenvalue weighted by atomic mass is 31.2. The van der Waals surface area contributed by atoms with Crippen LogP contribution >= 0.6 is 15.6 Å². The van der Waals surface area contributed by atoms with Crippen molar-refractivity contribution >= 4 is 39.5 Å². The zero-order valence-corrected chi connectivity index (χ0v) is 66.2. The minimum Gasteiger partial charge on any atom is -0.462 e. The van der Waals surface area contributed by atoms with Crippen molar-refractivity contribution in [3.63, 3.8) is 0 Å². The van der Waals surface area contributed by atoms with Gasteiger partial charge in [0, 0.05) is 25.7 Å². The van der Waals surface area contributed by atoms with Crippen molar-refractivity contribution < 1.29 is 80.2 Å². The van der Waals surface area contributed by atoms with Gasteiger partial charge in [-0.3, -0.25) is 37.3 Å². The molecule has 3 unspecified atom stereocenters. The Bertz CT molecular complexity index is 1920. The van der Waals surface area contributed by atoms with Gasteiger partial charge < -0.3 is 33.8 Å². The second-order valence-corrected chi connectivity index (χ2v) is 33.3. The Morgan fingerprint density at radius 3 is 0.633 bits per heavy atom. The van der Waals surface area contributed by atoms with Crippen LogP contribution in [0.15, 0.2) is 0 Å². The average molecular weight is 1440 g/mol. The monoisotopic (exact) mass is 1440 g/mol. The second kappa shape index (κ2) is 68.2. The van der Waals surface area contributed by atoms with Crippen LogP contribution in [0.1, 0.15) is 402 Å². The van der Waals surface area contributed by atoms with Crippen LogP contribution in [0, 0.1) is 23.7 Å². The molecule has 0 rings (SSSR count). The maximum Gasteiger partial charge on any atom is 0.472 e. The summed E-state index contributed by atoms with van der Waals surface area (Å²) in [5, 5.41) is 10.6. The molecule has 0 saturated heterocycles. The minimum atomic E-state index is -4.96. The highest BCUT2D eigenvalue weighted by Gasteiger charge is 2.30. The van der Waals surface area contributed by atoms with Gasteiger partial charge in [-0.15, -0.1) is 0 Å². The smallest absolute Gasteiger partial charge is 0.462 e. The number of hydrogen-bond acceptors (Lipinski definition) is 15. The highest BCUT2D eigenvalue weighted by molar-refractivity contribution is 7.47. The average Bonchev–Trinajstić information content (AvgIpc) is 1.07. The molecule has 0 aliphatic rings. The highest BCUT2D eigenvalue weighted by Crippen LogP contribution is 2.45. The first-order valence-electron chi connectivity index (χ1n) is 40.7. The first-order chi connectivity index (χ1) is 47.1. The largest absolute Gasteiger partial charge is 0.472 e. The molecule has 0 spiro atoms. The maximum atomic E-state index is 13.1. The zero-order chi connectivity index (χ0) is 72.4. The fourth-order valence-electron chi connectivity index (χ4n) is 12.1. The summed E-state index contributed by atoms with van der Waals surface area (Å²) in [6.45, 7) is 14.2. The van der Waals surface area contributed by atoms with E-state index in [-0.39, 0.29) is 25.7 Å². The number of carbonyl (C=O) groups excluding carboxylic acids is 4. The van der Waals surface area contributed by atoms with E-state index in [1.54, 1.807) is 0 Å². The maximum absolute atomic E-state index is 13.1. The Hall–Kier alpha value is -1.94. The van der Waals surface area contributed by atoms with Crippen molar-refractivity contribution in [2.24, 2.45) is 23.7 Å². The predicted molar refractivity (Wildman–Crippen MR) is 400 cm³/mol. The number of aliphatic hydroxyl groups excluding tert-OH is 1. The lowest BCUT2D eigenvalue weighted by Gasteiger charge is -2.21. The first-order valence-corrected chi connectivity index (χ1v) is 43.7. The number of esters is 4. The Labute approximate surface area is 600 Å². The number of phosphoric acid groups is 2. The quantitative estimate of drug-likeness (QED) is 0.0222. The van der Waals surface area contributed by atoms with E-state index < -0.39 is 97.5 Å². The molecule has 0 fully saturated rings. The molecule has 98 heavy (non-hydrogen) atoms. The lowest BCUT2D eigenvalue weighted by molar-refractivity contribution is -0.161. The van der Waals surface area contributed by atoms with Crippen molar-refractivity contribution in [1.82, 2.24) is 0 Å². The van der Waals surface area contributed by atoms with Crippen molar-refractivity contribution in [3.05, 3.63) is 0 Å². The summed E-state index contributed by atoms with van der Waals surface area (Å²) in [5.41, 5.74) is 0. The summed E-state index contributed by atoms with van der Waals surface area (Å²) in [7, 11) is -9.92.